The number of benzene rings is 2. The number of carbonyl (C=O) groups excluding carboxylic acids is 1. The van der Waals surface area contributed by atoms with Crippen molar-refractivity contribution in [3.8, 4) is 11.5 Å². The van der Waals surface area contributed by atoms with E-state index in [-0.39, 0.29) is 5.82 Å². The number of aryl methyl sites for hydroxylation is 2. The van der Waals surface area contributed by atoms with Crippen molar-refractivity contribution >= 4 is 6.29 Å². The van der Waals surface area contributed by atoms with Gasteiger partial charge in [0.25, 0.3) is 0 Å². The molecule has 3 heteroatoms. The molecule has 0 aromatic heterocycles. The van der Waals surface area contributed by atoms with E-state index in [4.69, 9.17) is 4.74 Å². The van der Waals surface area contributed by atoms with E-state index in [9.17, 15) is 9.18 Å². The highest BCUT2D eigenvalue weighted by molar-refractivity contribution is 5.76. The molecule has 0 N–H and O–H groups in total. The van der Waals surface area contributed by atoms with Gasteiger partial charge in [0.15, 0.2) is 0 Å². The Morgan fingerprint density at radius 3 is 2.28 bits per heavy atom. The molecular formula is C15H13FO2. The van der Waals surface area contributed by atoms with E-state index in [1.807, 2.05) is 13.8 Å². The molecule has 2 rings (SSSR count). The molecule has 0 bridgehead atoms. The summed E-state index contributed by atoms with van der Waals surface area (Å²) in [4.78, 5) is 10.7. The van der Waals surface area contributed by atoms with Crippen molar-refractivity contribution < 1.29 is 13.9 Å². The van der Waals surface area contributed by atoms with E-state index >= 15 is 0 Å². The number of ether oxygens (including phenoxy) is 1. The Kier molecular flexibility index (Phi) is 3.42. The molecule has 18 heavy (non-hydrogen) atoms. The maximum absolute atomic E-state index is 13.2. The van der Waals surface area contributed by atoms with E-state index in [1.165, 1.54) is 12.1 Å². The van der Waals surface area contributed by atoms with Crippen LogP contribution in [0.2, 0.25) is 0 Å². The molecule has 0 unspecified atom stereocenters. The van der Waals surface area contributed by atoms with Crippen molar-refractivity contribution in [2.24, 2.45) is 0 Å². The van der Waals surface area contributed by atoms with Crippen LogP contribution in [-0.2, 0) is 0 Å². The van der Waals surface area contributed by atoms with Crippen LogP contribution in [0.1, 0.15) is 21.5 Å². The summed E-state index contributed by atoms with van der Waals surface area (Å²) in [6.45, 7) is 3.71. The van der Waals surface area contributed by atoms with Gasteiger partial charge in [0.2, 0.25) is 0 Å². The fraction of sp³-hybridized carbons (Fsp3) is 0.133. The molecule has 0 amide bonds. The van der Waals surface area contributed by atoms with Crippen LogP contribution in [-0.4, -0.2) is 6.29 Å². The summed E-state index contributed by atoms with van der Waals surface area (Å²) >= 11 is 0. The van der Waals surface area contributed by atoms with Crippen LogP contribution in [0.5, 0.6) is 11.5 Å². The number of carbonyl (C=O) groups is 1. The zero-order chi connectivity index (χ0) is 13.1. The molecule has 0 saturated carbocycles. The van der Waals surface area contributed by atoms with Crippen LogP contribution >= 0.6 is 0 Å². The average Bonchev–Trinajstić information content (AvgIpc) is 2.36. The lowest BCUT2D eigenvalue weighted by atomic mass is 10.1. The van der Waals surface area contributed by atoms with Gasteiger partial charge in [0.1, 0.15) is 23.6 Å². The summed E-state index contributed by atoms with van der Waals surface area (Å²) in [6, 6.07) is 9.54. The minimum atomic E-state index is -0.347. The maximum atomic E-state index is 13.2. The normalized spacial score (nSPS) is 10.2. The fourth-order valence-corrected chi connectivity index (χ4v) is 1.60. The number of aldehydes is 1. The molecule has 0 atom stereocenters. The van der Waals surface area contributed by atoms with Crippen LogP contribution < -0.4 is 4.74 Å². The lowest BCUT2D eigenvalue weighted by Crippen LogP contribution is -1.92. The first-order valence-electron chi connectivity index (χ1n) is 5.60. The third kappa shape index (κ3) is 2.56. The van der Waals surface area contributed by atoms with Crippen LogP contribution in [0.3, 0.4) is 0 Å². The third-order valence-electron chi connectivity index (χ3n) is 2.72. The largest absolute Gasteiger partial charge is 0.457 e. The lowest BCUT2D eigenvalue weighted by molar-refractivity contribution is 0.112. The monoisotopic (exact) mass is 244 g/mol. The van der Waals surface area contributed by atoms with Crippen molar-refractivity contribution in [1.82, 2.24) is 0 Å². The smallest absolute Gasteiger partial charge is 0.150 e. The number of hydrogen-bond acceptors (Lipinski definition) is 2. The predicted molar refractivity (Wildman–Crippen MR) is 67.8 cm³/mol. The molecule has 0 radical (unpaired) electrons. The third-order valence-corrected chi connectivity index (χ3v) is 2.72. The number of hydrogen-bond donors (Lipinski definition) is 0. The van der Waals surface area contributed by atoms with Gasteiger partial charge in [0, 0.05) is 11.6 Å². The minimum absolute atomic E-state index is 0.347. The Balaban J connectivity index is 2.38. The fourth-order valence-electron chi connectivity index (χ4n) is 1.60. The van der Waals surface area contributed by atoms with Gasteiger partial charge in [0.05, 0.1) is 0 Å². The summed E-state index contributed by atoms with van der Waals surface area (Å²) in [5.41, 5.74) is 2.27. The van der Waals surface area contributed by atoms with Crippen LogP contribution in [0.15, 0.2) is 36.4 Å². The zero-order valence-corrected chi connectivity index (χ0v) is 10.2. The van der Waals surface area contributed by atoms with Crippen molar-refractivity contribution in [3.63, 3.8) is 0 Å². The summed E-state index contributed by atoms with van der Waals surface area (Å²) in [5, 5.41) is 0. The predicted octanol–water partition coefficient (Wildman–Crippen LogP) is 4.05. The molecule has 0 saturated heterocycles. The second-order valence-corrected chi connectivity index (χ2v) is 4.15. The van der Waals surface area contributed by atoms with Gasteiger partial charge in [-0.25, -0.2) is 4.39 Å². The zero-order valence-electron chi connectivity index (χ0n) is 10.2. The van der Waals surface area contributed by atoms with Gasteiger partial charge >= 0.3 is 0 Å². The van der Waals surface area contributed by atoms with Crippen LogP contribution in [0, 0.1) is 19.7 Å². The van der Waals surface area contributed by atoms with Crippen molar-refractivity contribution in [2.75, 3.05) is 0 Å². The van der Waals surface area contributed by atoms with Crippen molar-refractivity contribution in [3.05, 3.63) is 58.9 Å². The van der Waals surface area contributed by atoms with Gasteiger partial charge in [-0.2, -0.15) is 0 Å². The molecule has 0 aliphatic carbocycles. The van der Waals surface area contributed by atoms with Gasteiger partial charge in [-0.1, -0.05) is 18.2 Å². The van der Waals surface area contributed by atoms with Crippen LogP contribution in [0.4, 0.5) is 4.39 Å². The molecule has 2 aromatic carbocycles. The second-order valence-electron chi connectivity index (χ2n) is 4.15. The molecule has 2 aromatic rings. The van der Waals surface area contributed by atoms with E-state index in [0.717, 1.165) is 17.4 Å². The topological polar surface area (TPSA) is 26.3 Å². The Morgan fingerprint density at radius 2 is 1.61 bits per heavy atom. The Bertz CT molecular complexity index is 591. The molecule has 0 aliphatic heterocycles. The van der Waals surface area contributed by atoms with Crippen molar-refractivity contribution in [2.45, 2.75) is 13.8 Å². The summed E-state index contributed by atoms with van der Waals surface area (Å²) < 4.78 is 18.8. The van der Waals surface area contributed by atoms with E-state index in [1.54, 1.807) is 24.3 Å². The van der Waals surface area contributed by atoms with Gasteiger partial charge in [-0.3, -0.25) is 4.79 Å². The Morgan fingerprint density at radius 1 is 1.00 bits per heavy atom. The summed E-state index contributed by atoms with van der Waals surface area (Å²) in [5.74, 6) is 0.675. The Labute approximate surface area is 105 Å². The first-order chi connectivity index (χ1) is 8.60. The molecule has 0 fully saturated rings. The summed E-state index contributed by atoms with van der Waals surface area (Å²) in [7, 11) is 0. The molecular weight excluding hydrogens is 231 g/mol. The maximum Gasteiger partial charge on any atom is 0.150 e. The van der Waals surface area contributed by atoms with Crippen LogP contribution in [0.25, 0.3) is 0 Å². The number of halogens is 1. The molecule has 92 valence electrons. The SMILES string of the molecule is Cc1ccc(F)cc1Oc1cc(C=O)ccc1C. The second kappa shape index (κ2) is 5.00. The first kappa shape index (κ1) is 12.3. The average molecular weight is 244 g/mol. The van der Waals surface area contributed by atoms with E-state index < -0.39 is 0 Å². The highest BCUT2D eigenvalue weighted by Crippen LogP contribution is 2.28. The van der Waals surface area contributed by atoms with E-state index in [2.05, 4.69) is 0 Å². The van der Waals surface area contributed by atoms with Gasteiger partial charge < -0.3 is 4.74 Å². The van der Waals surface area contributed by atoms with Crippen molar-refractivity contribution in [1.29, 1.82) is 0 Å². The standard InChI is InChI=1S/C15H13FO2/c1-10-3-5-12(9-17)7-14(10)18-15-8-13(16)6-4-11(15)2/h3-9H,1-2H3. The lowest BCUT2D eigenvalue weighted by Gasteiger charge is -2.11. The number of rotatable bonds is 3. The quantitative estimate of drug-likeness (QED) is 0.761. The molecule has 0 aliphatic rings. The van der Waals surface area contributed by atoms with Gasteiger partial charge in [-0.05, 0) is 37.1 Å². The Hall–Kier alpha value is -2.16. The minimum Gasteiger partial charge on any atom is -0.457 e. The molecule has 2 nitrogen and oxygen atoms in total. The molecule has 0 heterocycles. The molecule has 0 spiro atoms. The van der Waals surface area contributed by atoms with E-state index in [0.29, 0.717) is 17.1 Å². The summed E-state index contributed by atoms with van der Waals surface area (Å²) in [6.07, 6.45) is 0.755. The highest BCUT2D eigenvalue weighted by Gasteiger charge is 2.06. The highest BCUT2D eigenvalue weighted by atomic mass is 19.1. The van der Waals surface area contributed by atoms with Gasteiger partial charge in [-0.15, -0.1) is 0 Å². The first-order valence-corrected chi connectivity index (χ1v) is 5.60.